The van der Waals surface area contributed by atoms with E-state index in [0.717, 1.165) is 23.6 Å². The fourth-order valence-corrected chi connectivity index (χ4v) is 2.05. The van der Waals surface area contributed by atoms with E-state index in [1.165, 1.54) is 11.1 Å². The summed E-state index contributed by atoms with van der Waals surface area (Å²) < 4.78 is 0. The first-order valence-electron chi connectivity index (χ1n) is 7.64. The lowest BCUT2D eigenvalue weighted by atomic mass is 10.2. The minimum absolute atomic E-state index is 0.802. The molecular weight excluding hydrogens is 268 g/mol. The molecule has 0 unspecified atom stereocenters. The molecule has 0 atom stereocenters. The first-order valence-corrected chi connectivity index (χ1v) is 7.64. The minimum atomic E-state index is 0.802. The van der Waals surface area contributed by atoms with Gasteiger partial charge in [-0.15, -0.1) is 0 Å². The number of allylic oxidation sites excluding steroid dienone is 2. The van der Waals surface area contributed by atoms with Gasteiger partial charge in [0.15, 0.2) is 0 Å². The summed E-state index contributed by atoms with van der Waals surface area (Å²) >= 11 is 0. The molecule has 0 aliphatic carbocycles. The Morgan fingerprint density at radius 1 is 0.864 bits per heavy atom. The quantitative estimate of drug-likeness (QED) is 0.707. The number of rotatable bonds is 6. The van der Waals surface area contributed by atoms with Gasteiger partial charge >= 0.3 is 0 Å². The van der Waals surface area contributed by atoms with Crippen LogP contribution >= 0.6 is 0 Å². The molecule has 0 spiro atoms. The molecule has 0 saturated heterocycles. The molecule has 2 N–H and O–H groups in total. The Labute approximate surface area is 133 Å². The normalized spacial score (nSPS) is 11.7. The van der Waals surface area contributed by atoms with E-state index in [-0.39, 0.29) is 0 Å². The Bertz CT molecular complexity index is 634. The highest BCUT2D eigenvalue weighted by Gasteiger charge is 1.94. The van der Waals surface area contributed by atoms with Crippen molar-refractivity contribution in [1.82, 2.24) is 0 Å². The molecule has 0 aromatic heterocycles. The van der Waals surface area contributed by atoms with Crippen molar-refractivity contribution in [2.75, 3.05) is 17.2 Å². The van der Waals surface area contributed by atoms with Crippen LogP contribution in [0.25, 0.3) is 0 Å². The zero-order valence-corrected chi connectivity index (χ0v) is 13.6. The van der Waals surface area contributed by atoms with Gasteiger partial charge in [-0.3, -0.25) is 0 Å². The number of nitrogens with one attached hydrogen (secondary N) is 2. The summed E-state index contributed by atoms with van der Waals surface area (Å²) in [6, 6.07) is 16.8. The Hall–Kier alpha value is -2.48. The van der Waals surface area contributed by atoms with E-state index in [1.807, 2.05) is 6.92 Å². The van der Waals surface area contributed by atoms with Crippen LogP contribution in [0.4, 0.5) is 11.4 Å². The van der Waals surface area contributed by atoms with Crippen molar-refractivity contribution in [1.29, 1.82) is 0 Å². The van der Waals surface area contributed by atoms with Gasteiger partial charge in [0.05, 0.1) is 0 Å². The lowest BCUT2D eigenvalue weighted by molar-refractivity contribution is 1.31. The second-order valence-electron chi connectivity index (χ2n) is 5.38. The fraction of sp³-hybridized carbons (Fsp3) is 0.200. The maximum absolute atomic E-state index is 3.41. The molecule has 0 aliphatic rings. The van der Waals surface area contributed by atoms with Gasteiger partial charge in [0, 0.05) is 23.6 Å². The number of anilines is 2. The summed E-state index contributed by atoms with van der Waals surface area (Å²) in [6.45, 7) is 7.03. The third-order valence-electron chi connectivity index (χ3n) is 3.42. The van der Waals surface area contributed by atoms with Crippen LogP contribution < -0.4 is 10.6 Å². The summed E-state index contributed by atoms with van der Waals surface area (Å²) in [7, 11) is 0. The molecular formula is C20H24N2. The van der Waals surface area contributed by atoms with E-state index in [1.54, 1.807) is 0 Å². The zero-order valence-electron chi connectivity index (χ0n) is 13.6. The summed E-state index contributed by atoms with van der Waals surface area (Å²) in [6.07, 6.45) is 6.29. The molecule has 0 aliphatic heterocycles. The van der Waals surface area contributed by atoms with Crippen LogP contribution in [0, 0.1) is 13.8 Å². The van der Waals surface area contributed by atoms with Gasteiger partial charge in [0.25, 0.3) is 0 Å². The van der Waals surface area contributed by atoms with Crippen molar-refractivity contribution in [3.8, 4) is 0 Å². The highest BCUT2D eigenvalue weighted by Crippen LogP contribution is 2.12. The van der Waals surface area contributed by atoms with Crippen molar-refractivity contribution in [2.45, 2.75) is 20.8 Å². The maximum atomic E-state index is 3.41. The third-order valence-corrected chi connectivity index (χ3v) is 3.42. The Morgan fingerprint density at radius 3 is 1.95 bits per heavy atom. The largest absolute Gasteiger partial charge is 0.382 e. The molecule has 2 heteroatoms. The Morgan fingerprint density at radius 2 is 1.41 bits per heavy atom. The smallest absolute Gasteiger partial charge is 0.0384 e. The van der Waals surface area contributed by atoms with Crippen molar-refractivity contribution < 1.29 is 0 Å². The van der Waals surface area contributed by atoms with Crippen LogP contribution in [-0.4, -0.2) is 6.54 Å². The molecule has 0 radical (unpaired) electrons. The lowest BCUT2D eigenvalue weighted by Crippen LogP contribution is -2.00. The van der Waals surface area contributed by atoms with E-state index >= 15 is 0 Å². The van der Waals surface area contributed by atoms with Gasteiger partial charge < -0.3 is 10.6 Å². The number of hydrogen-bond donors (Lipinski definition) is 2. The third kappa shape index (κ3) is 5.13. The van der Waals surface area contributed by atoms with Crippen molar-refractivity contribution in [3.05, 3.63) is 83.6 Å². The Kier molecular flexibility index (Phi) is 5.84. The average molecular weight is 292 g/mol. The van der Waals surface area contributed by atoms with Crippen LogP contribution in [0.5, 0.6) is 0 Å². The monoisotopic (exact) mass is 292 g/mol. The molecule has 114 valence electrons. The zero-order chi connectivity index (χ0) is 15.8. The second kappa shape index (κ2) is 8.08. The molecule has 2 nitrogen and oxygen atoms in total. The van der Waals surface area contributed by atoms with Crippen LogP contribution in [-0.2, 0) is 0 Å². The van der Waals surface area contributed by atoms with Gasteiger partial charge in [0.2, 0.25) is 0 Å². The van der Waals surface area contributed by atoms with Gasteiger partial charge in [-0.1, -0.05) is 47.5 Å². The molecule has 0 heterocycles. The molecule has 2 aromatic carbocycles. The molecule has 0 fully saturated rings. The fourth-order valence-electron chi connectivity index (χ4n) is 2.05. The second-order valence-corrected chi connectivity index (χ2v) is 5.38. The summed E-state index contributed by atoms with van der Waals surface area (Å²) in [5.41, 5.74) is 5.89. The standard InChI is InChI=1S/C20H24N2/c1-4-18(22-20-13-9-17(3)10-14-20)6-5-15-21-19-11-7-16(2)8-12-19/h4-14,21-22H,15H2,1-3H3/b6-5-,18-4+. The molecule has 0 bridgehead atoms. The minimum Gasteiger partial charge on any atom is -0.382 e. The van der Waals surface area contributed by atoms with Gasteiger partial charge in [-0.25, -0.2) is 0 Å². The average Bonchev–Trinajstić information content (AvgIpc) is 2.54. The summed E-state index contributed by atoms with van der Waals surface area (Å²) in [5, 5.41) is 6.79. The van der Waals surface area contributed by atoms with Crippen molar-refractivity contribution in [2.24, 2.45) is 0 Å². The summed E-state index contributed by atoms with van der Waals surface area (Å²) in [5.74, 6) is 0. The van der Waals surface area contributed by atoms with Crippen molar-refractivity contribution >= 4 is 11.4 Å². The van der Waals surface area contributed by atoms with E-state index in [4.69, 9.17) is 0 Å². The molecule has 2 rings (SSSR count). The predicted molar refractivity (Wildman–Crippen MR) is 97.4 cm³/mol. The SMILES string of the molecule is C/C=C(\C=C/CNc1ccc(C)cc1)Nc1ccc(C)cc1. The Balaban J connectivity index is 1.84. The lowest BCUT2D eigenvalue weighted by Gasteiger charge is -2.08. The molecule has 2 aromatic rings. The number of hydrogen-bond acceptors (Lipinski definition) is 2. The van der Waals surface area contributed by atoms with Gasteiger partial charge in [0.1, 0.15) is 0 Å². The first-order chi connectivity index (χ1) is 10.7. The molecule has 0 saturated carbocycles. The van der Waals surface area contributed by atoms with E-state index in [2.05, 4.69) is 91.2 Å². The van der Waals surface area contributed by atoms with E-state index in [9.17, 15) is 0 Å². The van der Waals surface area contributed by atoms with Crippen LogP contribution in [0.1, 0.15) is 18.1 Å². The van der Waals surface area contributed by atoms with Crippen molar-refractivity contribution in [3.63, 3.8) is 0 Å². The topological polar surface area (TPSA) is 24.1 Å². The van der Waals surface area contributed by atoms with E-state index in [0.29, 0.717) is 0 Å². The van der Waals surface area contributed by atoms with Crippen LogP contribution in [0.15, 0.2) is 72.5 Å². The predicted octanol–water partition coefficient (Wildman–Crippen LogP) is 5.29. The molecule has 22 heavy (non-hydrogen) atoms. The summed E-state index contributed by atoms with van der Waals surface area (Å²) in [4.78, 5) is 0. The van der Waals surface area contributed by atoms with Crippen LogP contribution in [0.2, 0.25) is 0 Å². The van der Waals surface area contributed by atoms with Crippen LogP contribution in [0.3, 0.4) is 0 Å². The first kappa shape index (κ1) is 15.9. The number of benzene rings is 2. The highest BCUT2D eigenvalue weighted by molar-refractivity contribution is 5.51. The highest BCUT2D eigenvalue weighted by atomic mass is 14.9. The number of aryl methyl sites for hydroxylation is 2. The van der Waals surface area contributed by atoms with Gasteiger partial charge in [-0.2, -0.15) is 0 Å². The molecule has 0 amide bonds. The maximum Gasteiger partial charge on any atom is 0.0384 e. The van der Waals surface area contributed by atoms with Gasteiger partial charge in [-0.05, 0) is 51.1 Å². The van der Waals surface area contributed by atoms with E-state index < -0.39 is 0 Å².